The van der Waals surface area contributed by atoms with Crippen LogP contribution >= 0.6 is 0 Å². The largest absolute Gasteiger partial charge is 0.411 e. The third kappa shape index (κ3) is 4.14. The Morgan fingerprint density at radius 1 is 1.50 bits per heavy atom. The summed E-state index contributed by atoms with van der Waals surface area (Å²) in [6.45, 7) is 3.26. The molecule has 0 aliphatic heterocycles. The van der Waals surface area contributed by atoms with Crippen LogP contribution in [0.25, 0.3) is 0 Å². The predicted molar refractivity (Wildman–Crippen MR) is 26.5 cm³/mol. The summed E-state index contributed by atoms with van der Waals surface area (Å²) in [5.41, 5.74) is 0. The first-order chi connectivity index (χ1) is 2.56. The summed E-state index contributed by atoms with van der Waals surface area (Å²) >= 11 is 0. The van der Waals surface area contributed by atoms with Gasteiger partial charge in [0.05, 0.1) is 0 Å². The molecular weight excluding hydrogens is 96.1 g/mol. The summed E-state index contributed by atoms with van der Waals surface area (Å²) in [6.07, 6.45) is 0. The lowest BCUT2D eigenvalue weighted by molar-refractivity contribution is 0.372. The molecule has 0 aromatic carbocycles. The fraction of sp³-hybridized carbons (Fsp3) is 1.00. The molecule has 0 saturated carbocycles. The summed E-state index contributed by atoms with van der Waals surface area (Å²) in [4.78, 5) is 17.0. The van der Waals surface area contributed by atoms with Gasteiger partial charge >= 0.3 is 8.56 Å². The van der Waals surface area contributed by atoms with Gasteiger partial charge in [0.15, 0.2) is 0 Å². The van der Waals surface area contributed by atoms with Crippen LogP contribution in [0.5, 0.6) is 0 Å². The molecule has 0 spiro atoms. The summed E-state index contributed by atoms with van der Waals surface area (Å²) in [5, 5.41) is 0. The molecule has 38 valence electrons. The maximum Gasteiger partial charge on any atom is 0.329 e. The molecule has 0 aromatic heterocycles. The minimum atomic E-state index is -2.63. The fourth-order valence-electron chi connectivity index (χ4n) is 0. The van der Waals surface area contributed by atoms with Crippen molar-refractivity contribution in [3.63, 3.8) is 0 Å². The highest BCUT2D eigenvalue weighted by Gasteiger charge is 2.15. The molecule has 0 aromatic rings. The summed E-state index contributed by atoms with van der Waals surface area (Å²) in [6, 6.07) is 0.521. The van der Waals surface area contributed by atoms with Crippen molar-refractivity contribution in [2.24, 2.45) is 0 Å². The summed E-state index contributed by atoms with van der Waals surface area (Å²) in [5.74, 6) is 0. The van der Waals surface area contributed by atoms with Crippen molar-refractivity contribution in [2.45, 2.75) is 19.5 Å². The van der Waals surface area contributed by atoms with Crippen LogP contribution < -0.4 is 0 Å². The fourth-order valence-corrected chi connectivity index (χ4v) is 0. The van der Waals surface area contributed by atoms with Crippen LogP contribution in [-0.4, -0.2) is 18.2 Å². The zero-order valence-corrected chi connectivity index (χ0v) is 5.10. The van der Waals surface area contributed by atoms with Gasteiger partial charge in [0.2, 0.25) is 0 Å². The lowest BCUT2D eigenvalue weighted by Gasteiger charge is -2.04. The predicted octanol–water partition coefficient (Wildman–Crippen LogP) is 0.0629. The van der Waals surface area contributed by atoms with Crippen molar-refractivity contribution in [1.82, 2.24) is 0 Å². The van der Waals surface area contributed by atoms with E-state index in [9.17, 15) is 0 Å². The topological polar surface area (TPSA) is 40.5 Å². The average molecular weight is 106 g/mol. The van der Waals surface area contributed by atoms with Crippen molar-refractivity contribution < 1.29 is 9.59 Å². The van der Waals surface area contributed by atoms with Gasteiger partial charge in [-0.05, 0) is 12.6 Å². The Kier molecular flexibility index (Phi) is 1.77. The molecule has 0 amide bonds. The van der Waals surface area contributed by atoms with Gasteiger partial charge in [-0.15, -0.1) is 0 Å². The van der Waals surface area contributed by atoms with E-state index in [0.717, 1.165) is 0 Å². The Morgan fingerprint density at radius 2 is 1.67 bits per heavy atom. The van der Waals surface area contributed by atoms with Gasteiger partial charge in [-0.25, -0.2) is 0 Å². The van der Waals surface area contributed by atoms with Gasteiger partial charge in [0.25, 0.3) is 0 Å². The quantitative estimate of drug-likeness (QED) is 0.464. The third-order valence-electron chi connectivity index (χ3n) is 0.670. The maximum atomic E-state index is 8.52. The van der Waals surface area contributed by atoms with Crippen molar-refractivity contribution in [3.05, 3.63) is 0 Å². The third-order valence-corrected chi connectivity index (χ3v) is 2.01. The Morgan fingerprint density at radius 3 is 1.67 bits per heavy atom. The number of hydrogen-bond donors (Lipinski definition) is 2. The highest BCUT2D eigenvalue weighted by atomic mass is 28.4. The van der Waals surface area contributed by atoms with Gasteiger partial charge in [-0.3, -0.25) is 0 Å². The van der Waals surface area contributed by atoms with Gasteiger partial charge in [-0.2, -0.15) is 0 Å². The summed E-state index contributed by atoms with van der Waals surface area (Å²) in [7, 11) is -2.63. The Labute approximate surface area is 38.7 Å². The highest BCUT2D eigenvalue weighted by molar-refractivity contribution is 6.62. The maximum absolute atomic E-state index is 8.52. The second kappa shape index (κ2) is 1.73. The SMILES string of the molecule is CC[Si](C)(O)O. The Hall–Kier alpha value is 0.137. The van der Waals surface area contributed by atoms with Crippen molar-refractivity contribution in [1.29, 1.82) is 0 Å². The highest BCUT2D eigenvalue weighted by Crippen LogP contribution is 1.95. The zero-order valence-electron chi connectivity index (χ0n) is 4.10. The number of hydrogen-bond acceptors (Lipinski definition) is 2. The first-order valence-electron chi connectivity index (χ1n) is 2.01. The van der Waals surface area contributed by atoms with E-state index in [0.29, 0.717) is 6.04 Å². The van der Waals surface area contributed by atoms with Gasteiger partial charge in [0.1, 0.15) is 0 Å². The molecule has 0 radical (unpaired) electrons. The molecule has 0 fully saturated rings. The van der Waals surface area contributed by atoms with Crippen LogP contribution in [0.2, 0.25) is 12.6 Å². The van der Waals surface area contributed by atoms with E-state index in [2.05, 4.69) is 0 Å². The Balaban J connectivity index is 3.17. The Bertz CT molecular complexity index is 38.5. The van der Waals surface area contributed by atoms with Crippen LogP contribution in [0, 0.1) is 0 Å². The van der Waals surface area contributed by atoms with Crippen molar-refractivity contribution >= 4 is 8.56 Å². The second-order valence-corrected chi connectivity index (χ2v) is 4.71. The molecule has 0 atom stereocenters. The number of rotatable bonds is 1. The van der Waals surface area contributed by atoms with Crippen molar-refractivity contribution in [2.75, 3.05) is 0 Å². The van der Waals surface area contributed by atoms with E-state index in [1.807, 2.05) is 0 Å². The lowest BCUT2D eigenvalue weighted by Crippen LogP contribution is -2.27. The van der Waals surface area contributed by atoms with Crippen molar-refractivity contribution in [3.8, 4) is 0 Å². The van der Waals surface area contributed by atoms with E-state index >= 15 is 0 Å². The monoisotopic (exact) mass is 106 g/mol. The molecule has 0 heterocycles. The molecule has 0 aliphatic rings. The standard InChI is InChI=1S/C3H10O2Si/c1-3-6(2,4)5/h4-5H,3H2,1-2H3. The molecule has 0 saturated heterocycles. The van der Waals surface area contributed by atoms with Crippen LogP contribution in [-0.2, 0) is 0 Å². The zero-order chi connectivity index (χ0) is 5.21. The van der Waals surface area contributed by atoms with Crippen LogP contribution in [0.4, 0.5) is 0 Å². The first-order valence-corrected chi connectivity index (χ1v) is 4.61. The van der Waals surface area contributed by atoms with E-state index in [1.54, 1.807) is 6.92 Å². The van der Waals surface area contributed by atoms with Crippen LogP contribution in [0.3, 0.4) is 0 Å². The van der Waals surface area contributed by atoms with E-state index in [4.69, 9.17) is 9.59 Å². The normalized spacial score (nSPS) is 12.0. The first kappa shape index (κ1) is 6.14. The second-order valence-electron chi connectivity index (χ2n) is 1.57. The van der Waals surface area contributed by atoms with Crippen LogP contribution in [0.15, 0.2) is 0 Å². The lowest BCUT2D eigenvalue weighted by atomic mass is 11.0. The minimum absolute atomic E-state index is 0.521. The molecule has 2 nitrogen and oxygen atoms in total. The molecule has 2 N–H and O–H groups in total. The molecule has 6 heavy (non-hydrogen) atoms. The molecular formula is C3H10O2Si. The molecule has 0 aliphatic carbocycles. The summed E-state index contributed by atoms with van der Waals surface area (Å²) < 4.78 is 0. The average Bonchev–Trinajstić information content (AvgIpc) is 1.35. The van der Waals surface area contributed by atoms with Gasteiger partial charge in [-0.1, -0.05) is 6.92 Å². The smallest absolute Gasteiger partial charge is 0.329 e. The molecule has 0 bridgehead atoms. The van der Waals surface area contributed by atoms with Crippen LogP contribution in [0.1, 0.15) is 6.92 Å². The molecule has 0 rings (SSSR count). The van der Waals surface area contributed by atoms with E-state index < -0.39 is 8.56 Å². The van der Waals surface area contributed by atoms with E-state index in [1.165, 1.54) is 6.55 Å². The van der Waals surface area contributed by atoms with E-state index in [-0.39, 0.29) is 0 Å². The molecule has 0 unspecified atom stereocenters. The van der Waals surface area contributed by atoms with Gasteiger partial charge in [0, 0.05) is 0 Å². The molecule has 3 heteroatoms. The minimum Gasteiger partial charge on any atom is -0.411 e. The van der Waals surface area contributed by atoms with Gasteiger partial charge < -0.3 is 9.59 Å².